The van der Waals surface area contributed by atoms with Crippen LogP contribution < -0.4 is 0 Å². The normalized spacial score (nSPS) is 41.6. The van der Waals surface area contributed by atoms with Gasteiger partial charge < -0.3 is 5.11 Å². The minimum Gasteiger partial charge on any atom is -0.506 e. The summed E-state index contributed by atoms with van der Waals surface area (Å²) in [6.45, 7) is 9.57. The number of phenolic OH excluding ortho intramolecular Hbond substituents is 1. The number of benzene rings is 1. The van der Waals surface area contributed by atoms with Crippen LogP contribution in [-0.4, -0.2) is 46.1 Å². The van der Waals surface area contributed by atoms with Crippen molar-refractivity contribution in [2.24, 2.45) is 10.8 Å². The van der Waals surface area contributed by atoms with Crippen LogP contribution in [0, 0.1) is 10.8 Å². The first-order chi connectivity index (χ1) is 11.0. The second-order valence-corrected chi connectivity index (χ2v) is 8.56. The van der Waals surface area contributed by atoms with Gasteiger partial charge in [0.1, 0.15) is 11.3 Å². The predicted octanol–water partition coefficient (Wildman–Crippen LogP) is 2.99. The number of piperidine rings is 2. The summed E-state index contributed by atoms with van der Waals surface area (Å²) < 4.78 is 0. The van der Waals surface area contributed by atoms with Crippen molar-refractivity contribution >= 4 is 10.9 Å². The number of rotatable bonds is 1. The lowest BCUT2D eigenvalue weighted by molar-refractivity contribution is -0.194. The molecule has 0 amide bonds. The van der Waals surface area contributed by atoms with Gasteiger partial charge in [0.25, 0.3) is 0 Å². The summed E-state index contributed by atoms with van der Waals surface area (Å²) in [5.74, 6) is 0.275. The number of phenols is 1. The lowest BCUT2D eigenvalue weighted by Gasteiger charge is -2.66. The lowest BCUT2D eigenvalue weighted by atomic mass is 9.63. The molecule has 0 radical (unpaired) electrons. The molecule has 23 heavy (non-hydrogen) atoms. The number of aromatic hydroxyl groups is 1. The molecule has 4 heteroatoms. The van der Waals surface area contributed by atoms with Crippen LogP contribution in [0.1, 0.15) is 32.0 Å². The average molecular weight is 309 g/mol. The SMILES string of the molecule is CC12CN3CC(C)(CN(C1)C3c1ccc(O)c3ncccc13)C2. The summed E-state index contributed by atoms with van der Waals surface area (Å²) in [5.41, 5.74) is 2.86. The molecule has 120 valence electrons. The Bertz CT molecular complexity index is 766. The molecule has 0 aliphatic carbocycles. The molecular formula is C19H23N3O. The van der Waals surface area contributed by atoms with Crippen molar-refractivity contribution in [2.45, 2.75) is 26.4 Å². The highest BCUT2D eigenvalue weighted by Crippen LogP contribution is 2.54. The topological polar surface area (TPSA) is 39.6 Å². The number of nitrogens with zero attached hydrogens (tertiary/aromatic N) is 3. The van der Waals surface area contributed by atoms with Gasteiger partial charge in [-0.3, -0.25) is 14.8 Å². The number of hydrogen-bond donors (Lipinski definition) is 1. The Morgan fingerprint density at radius 2 is 1.70 bits per heavy atom. The van der Waals surface area contributed by atoms with Gasteiger partial charge >= 0.3 is 0 Å². The van der Waals surface area contributed by atoms with Crippen molar-refractivity contribution in [3.63, 3.8) is 0 Å². The average Bonchev–Trinajstić information content (AvgIpc) is 2.46. The van der Waals surface area contributed by atoms with E-state index >= 15 is 0 Å². The van der Waals surface area contributed by atoms with Crippen molar-refractivity contribution < 1.29 is 5.11 Å². The lowest BCUT2D eigenvalue weighted by Crippen LogP contribution is -2.70. The van der Waals surface area contributed by atoms with E-state index in [1.165, 1.54) is 38.2 Å². The largest absolute Gasteiger partial charge is 0.506 e. The van der Waals surface area contributed by atoms with Crippen molar-refractivity contribution in [1.82, 2.24) is 14.8 Å². The predicted molar refractivity (Wildman–Crippen MR) is 90.1 cm³/mol. The molecule has 4 nitrogen and oxygen atoms in total. The van der Waals surface area contributed by atoms with E-state index in [9.17, 15) is 5.11 Å². The zero-order valence-corrected chi connectivity index (χ0v) is 13.8. The van der Waals surface area contributed by atoms with E-state index < -0.39 is 0 Å². The highest BCUT2D eigenvalue weighted by molar-refractivity contribution is 5.87. The summed E-state index contributed by atoms with van der Waals surface area (Å²) in [6, 6.07) is 7.96. The van der Waals surface area contributed by atoms with Gasteiger partial charge in [0.2, 0.25) is 0 Å². The molecule has 1 N–H and O–H groups in total. The van der Waals surface area contributed by atoms with Crippen molar-refractivity contribution in [3.8, 4) is 5.75 Å². The Balaban J connectivity index is 1.66. The van der Waals surface area contributed by atoms with E-state index in [-0.39, 0.29) is 5.75 Å². The minimum absolute atomic E-state index is 0.275. The Hall–Kier alpha value is -1.65. The van der Waals surface area contributed by atoms with Crippen LogP contribution in [0.3, 0.4) is 0 Å². The fourth-order valence-corrected chi connectivity index (χ4v) is 5.80. The molecule has 6 rings (SSSR count). The first-order valence-electron chi connectivity index (χ1n) is 8.51. The third-order valence-electron chi connectivity index (χ3n) is 5.94. The standard InChI is InChI=1S/C19H23N3O/c1-18-8-19(2)11-21(9-18)17(22(10-18)12-19)14-5-6-15(23)16-13(14)4-3-7-20-16/h3-7,17,23H,8-12H2,1-2H3. The van der Waals surface area contributed by atoms with Gasteiger partial charge in [0, 0.05) is 37.8 Å². The zero-order chi connectivity index (χ0) is 15.8. The Kier molecular flexibility index (Phi) is 2.54. The molecule has 1 aromatic carbocycles. The third kappa shape index (κ3) is 1.88. The molecule has 0 spiro atoms. The molecule has 0 saturated carbocycles. The van der Waals surface area contributed by atoms with Crippen molar-refractivity contribution in [1.29, 1.82) is 0 Å². The molecule has 4 fully saturated rings. The second-order valence-electron chi connectivity index (χ2n) is 8.56. The maximum absolute atomic E-state index is 10.1. The summed E-state index contributed by atoms with van der Waals surface area (Å²) in [6.07, 6.45) is 3.42. The molecule has 4 saturated heterocycles. The number of aromatic nitrogens is 1. The van der Waals surface area contributed by atoms with Crippen LogP contribution in [0.4, 0.5) is 0 Å². The maximum atomic E-state index is 10.1. The van der Waals surface area contributed by atoms with E-state index in [1.54, 1.807) is 12.3 Å². The number of fused-ring (bicyclic) bond motifs is 1. The van der Waals surface area contributed by atoms with Gasteiger partial charge in [-0.2, -0.15) is 0 Å². The molecule has 5 heterocycles. The summed E-state index contributed by atoms with van der Waals surface area (Å²) in [4.78, 5) is 9.69. The van der Waals surface area contributed by atoms with Gasteiger partial charge in [-0.15, -0.1) is 0 Å². The smallest absolute Gasteiger partial charge is 0.141 e. The van der Waals surface area contributed by atoms with Crippen LogP contribution in [-0.2, 0) is 0 Å². The highest BCUT2D eigenvalue weighted by Gasteiger charge is 2.56. The van der Waals surface area contributed by atoms with Crippen LogP contribution in [0.15, 0.2) is 30.5 Å². The molecule has 0 unspecified atom stereocenters. The molecule has 2 aromatic rings. The second kappa shape index (κ2) is 4.25. The molecule has 1 aromatic heterocycles. The van der Waals surface area contributed by atoms with E-state index in [0.29, 0.717) is 17.0 Å². The third-order valence-corrected chi connectivity index (χ3v) is 5.94. The highest BCUT2D eigenvalue weighted by atomic mass is 16.3. The summed E-state index contributed by atoms with van der Waals surface area (Å²) >= 11 is 0. The molecule has 4 bridgehead atoms. The molecule has 4 aliphatic heterocycles. The van der Waals surface area contributed by atoms with E-state index in [2.05, 4.69) is 40.8 Å². The first-order valence-corrected chi connectivity index (χ1v) is 8.51. The number of pyridine rings is 1. The van der Waals surface area contributed by atoms with Crippen LogP contribution in [0.25, 0.3) is 10.9 Å². The number of hydrogen-bond acceptors (Lipinski definition) is 4. The molecule has 0 atom stereocenters. The minimum atomic E-state index is 0.275. The Morgan fingerprint density at radius 3 is 2.35 bits per heavy atom. The van der Waals surface area contributed by atoms with E-state index in [1.807, 2.05) is 6.07 Å². The van der Waals surface area contributed by atoms with E-state index in [0.717, 1.165) is 10.9 Å². The summed E-state index contributed by atoms with van der Waals surface area (Å²) in [5, 5.41) is 11.2. The Labute approximate surface area is 136 Å². The van der Waals surface area contributed by atoms with Gasteiger partial charge in [-0.1, -0.05) is 26.0 Å². The molecular weight excluding hydrogens is 286 g/mol. The zero-order valence-electron chi connectivity index (χ0n) is 13.8. The monoisotopic (exact) mass is 309 g/mol. The van der Waals surface area contributed by atoms with Gasteiger partial charge in [-0.05, 0) is 34.9 Å². The van der Waals surface area contributed by atoms with Crippen LogP contribution in [0.2, 0.25) is 0 Å². The van der Waals surface area contributed by atoms with Gasteiger partial charge in [0.15, 0.2) is 0 Å². The van der Waals surface area contributed by atoms with Gasteiger partial charge in [0.05, 0.1) is 6.17 Å². The quantitative estimate of drug-likeness (QED) is 0.879. The van der Waals surface area contributed by atoms with Gasteiger partial charge in [-0.25, -0.2) is 0 Å². The van der Waals surface area contributed by atoms with Crippen LogP contribution in [0.5, 0.6) is 5.75 Å². The van der Waals surface area contributed by atoms with Crippen molar-refractivity contribution in [3.05, 3.63) is 36.0 Å². The van der Waals surface area contributed by atoms with E-state index in [4.69, 9.17) is 0 Å². The first kappa shape index (κ1) is 13.8. The van der Waals surface area contributed by atoms with Crippen LogP contribution >= 0.6 is 0 Å². The Morgan fingerprint density at radius 1 is 1.04 bits per heavy atom. The molecule has 4 aliphatic rings. The fraction of sp³-hybridized carbons (Fsp3) is 0.526. The van der Waals surface area contributed by atoms with Crippen molar-refractivity contribution in [2.75, 3.05) is 26.2 Å². The fourth-order valence-electron chi connectivity index (χ4n) is 5.80. The summed E-state index contributed by atoms with van der Waals surface area (Å²) in [7, 11) is 0. The maximum Gasteiger partial charge on any atom is 0.141 e.